The standard InChI is InChI=1S/C25H20ClFN2O2/c1-16-6-11-24(17(2)12-16)29-25(30)19(14-28)13-18-7-9-20(10-8-18)31-15-21-22(26)4-3-5-23(21)27/h3-13H,15H2,1-2H3,(H,29,30)/b19-13-. The zero-order valence-corrected chi connectivity index (χ0v) is 17.8. The molecular weight excluding hydrogens is 415 g/mol. The second-order valence-corrected chi connectivity index (χ2v) is 7.41. The van der Waals surface area contributed by atoms with Gasteiger partial charge in [-0.3, -0.25) is 4.79 Å². The Labute approximate surface area is 185 Å². The molecule has 3 aromatic carbocycles. The SMILES string of the molecule is Cc1ccc(NC(=O)/C(C#N)=C\c2ccc(OCc3c(F)cccc3Cl)cc2)c(C)c1. The van der Waals surface area contributed by atoms with E-state index in [1.165, 1.54) is 18.2 Å². The van der Waals surface area contributed by atoms with Crippen LogP contribution in [0, 0.1) is 31.0 Å². The average Bonchev–Trinajstić information content (AvgIpc) is 2.74. The Balaban J connectivity index is 1.69. The van der Waals surface area contributed by atoms with E-state index in [0.717, 1.165) is 11.1 Å². The number of hydrogen-bond donors (Lipinski definition) is 1. The van der Waals surface area contributed by atoms with Crippen molar-refractivity contribution < 1.29 is 13.9 Å². The molecule has 0 saturated carbocycles. The van der Waals surface area contributed by atoms with Crippen molar-refractivity contribution in [2.75, 3.05) is 5.32 Å². The van der Waals surface area contributed by atoms with Gasteiger partial charge >= 0.3 is 0 Å². The Hall–Kier alpha value is -3.62. The lowest BCUT2D eigenvalue weighted by molar-refractivity contribution is -0.112. The Kier molecular flexibility index (Phi) is 7.07. The van der Waals surface area contributed by atoms with Crippen molar-refractivity contribution >= 4 is 29.3 Å². The molecule has 1 N–H and O–H groups in total. The van der Waals surface area contributed by atoms with E-state index in [9.17, 15) is 14.4 Å². The fourth-order valence-electron chi connectivity index (χ4n) is 2.94. The van der Waals surface area contributed by atoms with Crippen LogP contribution in [0.3, 0.4) is 0 Å². The number of carbonyl (C=O) groups is 1. The van der Waals surface area contributed by atoms with Crippen molar-refractivity contribution in [2.45, 2.75) is 20.5 Å². The first-order chi connectivity index (χ1) is 14.9. The highest BCUT2D eigenvalue weighted by Crippen LogP contribution is 2.22. The lowest BCUT2D eigenvalue weighted by atomic mass is 10.1. The molecule has 31 heavy (non-hydrogen) atoms. The maximum atomic E-state index is 13.8. The van der Waals surface area contributed by atoms with Gasteiger partial charge in [-0.25, -0.2) is 4.39 Å². The van der Waals surface area contributed by atoms with E-state index >= 15 is 0 Å². The Morgan fingerprint density at radius 2 is 1.90 bits per heavy atom. The summed E-state index contributed by atoms with van der Waals surface area (Å²) >= 11 is 6.00. The van der Waals surface area contributed by atoms with Gasteiger partial charge in [0, 0.05) is 11.3 Å². The first-order valence-corrected chi connectivity index (χ1v) is 9.91. The van der Waals surface area contributed by atoms with Crippen LogP contribution in [0.25, 0.3) is 6.08 Å². The van der Waals surface area contributed by atoms with Crippen LogP contribution in [-0.4, -0.2) is 5.91 Å². The summed E-state index contributed by atoms with van der Waals surface area (Å²) in [5.41, 5.74) is 3.58. The van der Waals surface area contributed by atoms with Crippen LogP contribution in [0.4, 0.5) is 10.1 Å². The van der Waals surface area contributed by atoms with Gasteiger partial charge in [-0.1, -0.05) is 47.5 Å². The number of halogens is 2. The molecule has 0 bridgehead atoms. The number of aryl methyl sites for hydroxylation is 2. The highest BCUT2D eigenvalue weighted by atomic mass is 35.5. The summed E-state index contributed by atoms with van der Waals surface area (Å²) in [4.78, 5) is 12.5. The number of benzene rings is 3. The van der Waals surface area contributed by atoms with E-state index in [1.807, 2.05) is 38.1 Å². The number of nitrogens with zero attached hydrogens (tertiary/aromatic N) is 1. The van der Waals surface area contributed by atoms with E-state index < -0.39 is 11.7 Å². The third kappa shape index (κ3) is 5.71. The minimum Gasteiger partial charge on any atom is -0.489 e. The summed E-state index contributed by atoms with van der Waals surface area (Å²) in [7, 11) is 0. The fourth-order valence-corrected chi connectivity index (χ4v) is 3.16. The van der Waals surface area contributed by atoms with Crippen LogP contribution < -0.4 is 10.1 Å². The predicted octanol–water partition coefficient (Wildman–Crippen LogP) is 6.22. The molecule has 0 aliphatic heterocycles. The van der Waals surface area contributed by atoms with Crippen LogP contribution in [0.2, 0.25) is 5.02 Å². The van der Waals surface area contributed by atoms with Gasteiger partial charge in [0.1, 0.15) is 29.8 Å². The third-order valence-electron chi connectivity index (χ3n) is 4.63. The van der Waals surface area contributed by atoms with Crippen molar-refractivity contribution in [1.29, 1.82) is 5.26 Å². The molecule has 156 valence electrons. The average molecular weight is 435 g/mol. The molecule has 1 amide bonds. The molecule has 3 aromatic rings. The molecule has 3 rings (SSSR count). The maximum Gasteiger partial charge on any atom is 0.266 e. The van der Waals surface area contributed by atoms with Crippen LogP contribution in [0.15, 0.2) is 66.2 Å². The Morgan fingerprint density at radius 3 is 2.55 bits per heavy atom. The van der Waals surface area contributed by atoms with Gasteiger partial charge in [0.05, 0.1) is 5.02 Å². The van der Waals surface area contributed by atoms with Crippen molar-refractivity contribution in [3.63, 3.8) is 0 Å². The Bertz CT molecular complexity index is 1160. The maximum absolute atomic E-state index is 13.8. The normalized spacial score (nSPS) is 11.0. The molecule has 4 nitrogen and oxygen atoms in total. The molecule has 0 saturated heterocycles. The zero-order chi connectivity index (χ0) is 22.4. The quantitative estimate of drug-likeness (QED) is 0.370. The van der Waals surface area contributed by atoms with Gasteiger partial charge < -0.3 is 10.1 Å². The first kappa shape index (κ1) is 22.1. The zero-order valence-electron chi connectivity index (χ0n) is 17.1. The molecule has 6 heteroatoms. The second-order valence-electron chi connectivity index (χ2n) is 7.00. The molecule has 0 aliphatic carbocycles. The van der Waals surface area contributed by atoms with E-state index in [-0.39, 0.29) is 17.7 Å². The minimum absolute atomic E-state index is 0.0115. The van der Waals surface area contributed by atoms with Gasteiger partial charge in [-0.2, -0.15) is 5.26 Å². The monoisotopic (exact) mass is 434 g/mol. The molecule has 0 unspecified atom stereocenters. The topological polar surface area (TPSA) is 62.1 Å². The second kappa shape index (κ2) is 9.92. The Morgan fingerprint density at radius 1 is 1.16 bits per heavy atom. The summed E-state index contributed by atoms with van der Waals surface area (Å²) in [5, 5.41) is 12.5. The smallest absolute Gasteiger partial charge is 0.266 e. The van der Waals surface area contributed by atoms with Gasteiger partial charge in [-0.15, -0.1) is 0 Å². The largest absolute Gasteiger partial charge is 0.489 e. The van der Waals surface area contributed by atoms with Crippen molar-refractivity contribution in [3.05, 3.63) is 99.3 Å². The van der Waals surface area contributed by atoms with Gasteiger partial charge in [0.15, 0.2) is 0 Å². The van der Waals surface area contributed by atoms with Crippen LogP contribution in [0.1, 0.15) is 22.3 Å². The van der Waals surface area contributed by atoms with Crippen LogP contribution >= 0.6 is 11.6 Å². The number of rotatable bonds is 6. The van der Waals surface area contributed by atoms with Gasteiger partial charge in [0.25, 0.3) is 5.91 Å². The number of nitrogens with one attached hydrogen (secondary N) is 1. The number of ether oxygens (including phenoxy) is 1. The molecule has 0 spiro atoms. The number of nitriles is 1. The summed E-state index contributed by atoms with van der Waals surface area (Å²) in [6.45, 7) is 3.85. The van der Waals surface area contributed by atoms with E-state index in [2.05, 4.69) is 5.32 Å². The minimum atomic E-state index is -0.482. The lowest BCUT2D eigenvalue weighted by Gasteiger charge is -2.09. The predicted molar refractivity (Wildman–Crippen MR) is 120 cm³/mol. The lowest BCUT2D eigenvalue weighted by Crippen LogP contribution is -2.14. The molecule has 0 atom stereocenters. The molecule has 0 radical (unpaired) electrons. The van der Waals surface area contributed by atoms with Crippen molar-refractivity contribution in [2.24, 2.45) is 0 Å². The number of anilines is 1. The summed E-state index contributed by atoms with van der Waals surface area (Å²) in [5.74, 6) is -0.403. The van der Waals surface area contributed by atoms with Crippen LogP contribution in [0.5, 0.6) is 5.75 Å². The first-order valence-electron chi connectivity index (χ1n) is 9.53. The van der Waals surface area contributed by atoms with Gasteiger partial charge in [0.2, 0.25) is 0 Å². The molecule has 0 heterocycles. The van der Waals surface area contributed by atoms with Gasteiger partial charge in [-0.05, 0) is 61.4 Å². The summed E-state index contributed by atoms with van der Waals surface area (Å²) < 4.78 is 19.4. The number of hydrogen-bond acceptors (Lipinski definition) is 3. The number of carbonyl (C=O) groups excluding carboxylic acids is 1. The third-order valence-corrected chi connectivity index (χ3v) is 4.99. The van der Waals surface area contributed by atoms with Crippen LogP contribution in [-0.2, 0) is 11.4 Å². The summed E-state index contributed by atoms with van der Waals surface area (Å²) in [6, 6.07) is 18.8. The molecule has 0 aromatic heterocycles. The molecule has 0 fully saturated rings. The fraction of sp³-hybridized carbons (Fsp3) is 0.120. The van der Waals surface area contributed by atoms with Crippen molar-refractivity contribution in [1.82, 2.24) is 0 Å². The summed E-state index contributed by atoms with van der Waals surface area (Å²) in [6.07, 6.45) is 1.50. The van der Waals surface area contributed by atoms with E-state index in [4.69, 9.17) is 16.3 Å². The van der Waals surface area contributed by atoms with E-state index in [1.54, 1.807) is 30.3 Å². The highest BCUT2D eigenvalue weighted by molar-refractivity contribution is 6.31. The van der Waals surface area contributed by atoms with E-state index in [0.29, 0.717) is 22.0 Å². The van der Waals surface area contributed by atoms with Crippen molar-refractivity contribution in [3.8, 4) is 11.8 Å². The number of amides is 1. The highest BCUT2D eigenvalue weighted by Gasteiger charge is 2.11. The molecule has 0 aliphatic rings. The molecular formula is C25H20ClFN2O2.